The highest BCUT2D eigenvalue weighted by Gasteiger charge is 2.24. The Morgan fingerprint density at radius 3 is 3.06 bits per heavy atom. The van der Waals surface area contributed by atoms with E-state index in [0.29, 0.717) is 11.7 Å². The summed E-state index contributed by atoms with van der Waals surface area (Å²) in [5.41, 5.74) is 0.646. The van der Waals surface area contributed by atoms with Crippen molar-refractivity contribution in [3.63, 3.8) is 0 Å². The van der Waals surface area contributed by atoms with Gasteiger partial charge in [-0.1, -0.05) is 0 Å². The highest BCUT2D eigenvalue weighted by atomic mass is 16.2. The predicted molar refractivity (Wildman–Crippen MR) is 61.2 cm³/mol. The van der Waals surface area contributed by atoms with Crippen LogP contribution < -0.4 is 5.32 Å². The van der Waals surface area contributed by atoms with Gasteiger partial charge >= 0.3 is 0 Å². The molecule has 5 heteroatoms. The monoisotopic (exact) mass is 222 g/mol. The number of likely N-dealkylation sites (N-methyl/N-ethyl adjacent to an activating group) is 1. The minimum Gasteiger partial charge on any atom is -0.336 e. The number of nitrogens with zero attached hydrogens (tertiary/aromatic N) is 3. The second-order valence-corrected chi connectivity index (χ2v) is 4.31. The van der Waals surface area contributed by atoms with Gasteiger partial charge in [0.2, 0.25) is 0 Å². The van der Waals surface area contributed by atoms with Gasteiger partial charge in [0.15, 0.2) is 0 Å². The number of amides is 1. The first-order valence-corrected chi connectivity index (χ1v) is 5.64. The fourth-order valence-electron chi connectivity index (χ4n) is 2.07. The van der Waals surface area contributed by atoms with Gasteiger partial charge in [-0.15, -0.1) is 0 Å². The number of aromatic nitrogens is 2. The third-order valence-corrected chi connectivity index (χ3v) is 3.17. The van der Waals surface area contributed by atoms with Crippen LogP contribution >= 0.6 is 0 Å². The number of carbonyl (C=O) groups excluding carboxylic acids is 1. The third-order valence-electron chi connectivity index (χ3n) is 3.17. The Labute approximate surface area is 95.5 Å². The maximum absolute atomic E-state index is 12.2. The van der Waals surface area contributed by atoms with E-state index in [9.17, 15) is 4.79 Å². The molecule has 2 rings (SSSR count). The Morgan fingerprint density at radius 2 is 2.50 bits per heavy atom. The van der Waals surface area contributed by atoms with Gasteiger partial charge in [-0.25, -0.2) is 4.98 Å². The maximum atomic E-state index is 12.2. The first-order valence-electron chi connectivity index (χ1n) is 5.64. The summed E-state index contributed by atoms with van der Waals surface area (Å²) in [6, 6.07) is 0.302. The molecule has 16 heavy (non-hydrogen) atoms. The lowest BCUT2D eigenvalue weighted by Gasteiger charge is -2.31. The van der Waals surface area contributed by atoms with Crippen LogP contribution in [0.5, 0.6) is 0 Å². The molecule has 1 aliphatic heterocycles. The second kappa shape index (κ2) is 4.65. The van der Waals surface area contributed by atoms with Gasteiger partial charge in [0.1, 0.15) is 5.69 Å². The third kappa shape index (κ3) is 2.09. The van der Waals surface area contributed by atoms with Gasteiger partial charge in [-0.05, 0) is 19.4 Å². The lowest BCUT2D eigenvalue weighted by Crippen LogP contribution is -2.47. The summed E-state index contributed by atoms with van der Waals surface area (Å²) < 4.78 is 1.76. The summed E-state index contributed by atoms with van der Waals surface area (Å²) in [6.07, 6.45) is 5.48. The van der Waals surface area contributed by atoms with Crippen LogP contribution in [-0.4, -0.2) is 46.5 Å². The Hall–Kier alpha value is -1.36. The van der Waals surface area contributed by atoms with Crippen molar-refractivity contribution in [2.45, 2.75) is 18.9 Å². The summed E-state index contributed by atoms with van der Waals surface area (Å²) in [6.45, 7) is 1.95. The molecule has 0 bridgehead atoms. The number of aryl methyl sites for hydroxylation is 1. The second-order valence-electron chi connectivity index (χ2n) is 4.31. The van der Waals surface area contributed by atoms with E-state index in [1.807, 2.05) is 19.0 Å². The molecule has 1 saturated heterocycles. The minimum absolute atomic E-state index is 0.0497. The molecule has 0 aliphatic carbocycles. The standard InChI is InChI=1S/C11H18N4O/c1-14-8-13-7-10(14)11(16)15(2)9-4-3-5-12-6-9/h7-9,12H,3-6H2,1-2H3. The zero-order valence-electron chi connectivity index (χ0n) is 9.81. The molecule has 88 valence electrons. The predicted octanol–water partition coefficient (Wildman–Crippen LogP) is 0.244. The van der Waals surface area contributed by atoms with Crippen molar-refractivity contribution in [1.82, 2.24) is 19.8 Å². The van der Waals surface area contributed by atoms with Crippen LogP contribution in [0.15, 0.2) is 12.5 Å². The number of hydrogen-bond donors (Lipinski definition) is 1. The molecule has 0 saturated carbocycles. The molecular weight excluding hydrogens is 204 g/mol. The summed E-state index contributed by atoms with van der Waals surface area (Å²) in [5.74, 6) is 0.0497. The van der Waals surface area contributed by atoms with E-state index in [4.69, 9.17) is 0 Å². The fourth-order valence-corrected chi connectivity index (χ4v) is 2.07. The lowest BCUT2D eigenvalue weighted by molar-refractivity contribution is 0.0698. The molecule has 0 spiro atoms. The van der Waals surface area contributed by atoms with E-state index in [0.717, 1.165) is 25.9 Å². The van der Waals surface area contributed by atoms with Crippen LogP contribution in [0.1, 0.15) is 23.3 Å². The van der Waals surface area contributed by atoms with Gasteiger partial charge in [0.25, 0.3) is 5.91 Å². The molecule has 1 amide bonds. The smallest absolute Gasteiger partial charge is 0.272 e. The molecule has 1 aliphatic rings. The number of nitrogens with one attached hydrogen (secondary N) is 1. The van der Waals surface area contributed by atoms with Crippen molar-refractivity contribution in [3.05, 3.63) is 18.2 Å². The van der Waals surface area contributed by atoms with E-state index in [2.05, 4.69) is 10.3 Å². The number of piperidine rings is 1. The normalized spacial score (nSPS) is 20.8. The molecule has 1 aromatic rings. The molecule has 1 aromatic heterocycles. The first kappa shape index (κ1) is 11.1. The highest BCUT2D eigenvalue weighted by molar-refractivity contribution is 5.92. The number of carbonyl (C=O) groups is 1. The summed E-state index contributed by atoms with van der Waals surface area (Å²) >= 11 is 0. The molecule has 0 aromatic carbocycles. The average molecular weight is 222 g/mol. The van der Waals surface area contributed by atoms with Crippen LogP contribution in [0.25, 0.3) is 0 Å². The Kier molecular flexibility index (Phi) is 3.24. The number of imidazole rings is 1. The highest BCUT2D eigenvalue weighted by Crippen LogP contribution is 2.11. The fraction of sp³-hybridized carbons (Fsp3) is 0.636. The van der Waals surface area contributed by atoms with E-state index < -0.39 is 0 Å². The zero-order valence-corrected chi connectivity index (χ0v) is 9.81. The lowest BCUT2D eigenvalue weighted by atomic mass is 10.1. The summed E-state index contributed by atoms with van der Waals surface area (Å²) in [5, 5.41) is 3.31. The number of rotatable bonds is 2. The van der Waals surface area contributed by atoms with Gasteiger partial charge in [-0.2, -0.15) is 0 Å². The van der Waals surface area contributed by atoms with Crippen molar-refractivity contribution in [1.29, 1.82) is 0 Å². The average Bonchev–Trinajstić information content (AvgIpc) is 2.75. The molecule has 1 fully saturated rings. The van der Waals surface area contributed by atoms with E-state index in [1.165, 1.54) is 0 Å². The largest absolute Gasteiger partial charge is 0.336 e. The zero-order chi connectivity index (χ0) is 11.5. The Morgan fingerprint density at radius 1 is 1.69 bits per heavy atom. The van der Waals surface area contributed by atoms with Crippen molar-refractivity contribution >= 4 is 5.91 Å². The molecule has 0 radical (unpaired) electrons. The van der Waals surface area contributed by atoms with Crippen molar-refractivity contribution in [2.75, 3.05) is 20.1 Å². The van der Waals surface area contributed by atoms with Crippen LogP contribution in [0.2, 0.25) is 0 Å². The first-order chi connectivity index (χ1) is 7.70. The van der Waals surface area contributed by atoms with E-state index >= 15 is 0 Å². The van der Waals surface area contributed by atoms with E-state index in [1.54, 1.807) is 17.1 Å². The van der Waals surface area contributed by atoms with E-state index in [-0.39, 0.29) is 5.91 Å². The Balaban J connectivity index is 2.06. The molecule has 2 heterocycles. The molecule has 1 N–H and O–H groups in total. The quantitative estimate of drug-likeness (QED) is 0.780. The molecular formula is C11H18N4O. The van der Waals surface area contributed by atoms with Crippen molar-refractivity contribution in [3.8, 4) is 0 Å². The van der Waals surface area contributed by atoms with Crippen molar-refractivity contribution < 1.29 is 4.79 Å². The van der Waals surface area contributed by atoms with Crippen LogP contribution in [-0.2, 0) is 7.05 Å². The molecule has 1 unspecified atom stereocenters. The van der Waals surface area contributed by atoms with Crippen LogP contribution in [0, 0.1) is 0 Å². The summed E-state index contributed by atoms with van der Waals surface area (Å²) in [4.78, 5) is 18.0. The maximum Gasteiger partial charge on any atom is 0.272 e. The Bertz CT molecular complexity index is 368. The minimum atomic E-state index is 0.0497. The van der Waals surface area contributed by atoms with Gasteiger partial charge in [0, 0.05) is 26.7 Å². The molecule has 5 nitrogen and oxygen atoms in total. The van der Waals surface area contributed by atoms with Crippen molar-refractivity contribution in [2.24, 2.45) is 7.05 Å². The number of hydrogen-bond acceptors (Lipinski definition) is 3. The summed E-state index contributed by atoms with van der Waals surface area (Å²) in [7, 11) is 3.71. The van der Waals surface area contributed by atoms with Gasteiger partial charge in [0.05, 0.1) is 12.5 Å². The molecule has 1 atom stereocenters. The SMILES string of the molecule is CN(C(=O)c1cncn1C)C1CCCNC1. The van der Waals surface area contributed by atoms with Gasteiger partial charge in [-0.3, -0.25) is 4.79 Å². The van der Waals surface area contributed by atoms with Gasteiger partial charge < -0.3 is 14.8 Å². The van der Waals surface area contributed by atoms with Crippen LogP contribution in [0.3, 0.4) is 0 Å². The van der Waals surface area contributed by atoms with Crippen LogP contribution in [0.4, 0.5) is 0 Å². The topological polar surface area (TPSA) is 50.2 Å².